The van der Waals surface area contributed by atoms with E-state index in [1.165, 1.54) is 0 Å². The van der Waals surface area contributed by atoms with Crippen molar-refractivity contribution in [2.75, 3.05) is 26.8 Å². The molecule has 0 aliphatic carbocycles. The minimum atomic E-state index is -0.848. The van der Waals surface area contributed by atoms with E-state index >= 15 is 0 Å². The van der Waals surface area contributed by atoms with Gasteiger partial charge in [-0.2, -0.15) is 0 Å². The number of aryl methyl sites for hydroxylation is 1. The Balaban J connectivity index is 1.47. The molecule has 2 unspecified atom stereocenters. The molecule has 2 atom stereocenters. The van der Waals surface area contributed by atoms with Crippen molar-refractivity contribution in [2.24, 2.45) is 0 Å². The Morgan fingerprint density at radius 2 is 1.95 bits per heavy atom. The van der Waals surface area contributed by atoms with Gasteiger partial charge in [0.05, 0.1) is 18.7 Å². The maximum atomic E-state index is 14.1. The molecule has 0 spiro atoms. The predicted molar refractivity (Wildman–Crippen MR) is 152 cm³/mol. The van der Waals surface area contributed by atoms with Gasteiger partial charge in [-0.3, -0.25) is 9.59 Å². The van der Waals surface area contributed by atoms with Gasteiger partial charge in [-0.25, -0.2) is 4.68 Å². The highest BCUT2D eigenvalue weighted by Gasteiger charge is 2.32. The zero-order valence-corrected chi connectivity index (χ0v) is 23.0. The van der Waals surface area contributed by atoms with E-state index in [1.54, 1.807) is 16.7 Å². The lowest BCUT2D eigenvalue weighted by Gasteiger charge is -2.32. The van der Waals surface area contributed by atoms with Crippen molar-refractivity contribution < 1.29 is 19.1 Å². The summed E-state index contributed by atoms with van der Waals surface area (Å²) in [6.45, 7) is 3.45. The summed E-state index contributed by atoms with van der Waals surface area (Å²) in [6, 6.07) is 22.2. The van der Waals surface area contributed by atoms with Crippen molar-refractivity contribution in [3.8, 4) is 5.75 Å². The normalized spacial score (nSPS) is 15.6. The highest BCUT2D eigenvalue weighted by molar-refractivity contribution is 5.89. The van der Waals surface area contributed by atoms with Crippen molar-refractivity contribution in [3.63, 3.8) is 0 Å². The zero-order chi connectivity index (χ0) is 27.9. The van der Waals surface area contributed by atoms with Gasteiger partial charge in [0.1, 0.15) is 23.9 Å². The first-order valence-corrected chi connectivity index (χ1v) is 13.7. The number of rotatable bonds is 11. The van der Waals surface area contributed by atoms with Crippen LogP contribution in [0, 0.1) is 6.92 Å². The summed E-state index contributed by atoms with van der Waals surface area (Å²) in [7, 11) is 1.60. The molecule has 5 rings (SSSR count). The quantitative estimate of drug-likeness (QED) is 0.310. The second-order valence-corrected chi connectivity index (χ2v) is 10.1. The molecular weight excluding hydrogens is 506 g/mol. The third-order valence-electron chi connectivity index (χ3n) is 7.27. The molecule has 1 saturated heterocycles. The van der Waals surface area contributed by atoms with Crippen molar-refractivity contribution in [2.45, 2.75) is 44.9 Å². The lowest BCUT2D eigenvalue weighted by atomic mass is 10.0. The number of nitrogens with zero attached hydrogens (tertiary/aromatic N) is 4. The minimum absolute atomic E-state index is 0.0153. The number of nitrogens with one attached hydrogen (secondary N) is 1. The predicted octanol–water partition coefficient (Wildman–Crippen LogP) is 3.86. The summed E-state index contributed by atoms with van der Waals surface area (Å²) in [6.07, 6.45) is 2.47. The number of methoxy groups -OCH3 is 1. The van der Waals surface area contributed by atoms with Gasteiger partial charge in [-0.1, -0.05) is 59.3 Å². The first-order chi connectivity index (χ1) is 19.5. The highest BCUT2D eigenvalue weighted by Crippen LogP contribution is 2.26. The van der Waals surface area contributed by atoms with E-state index in [2.05, 4.69) is 21.7 Å². The van der Waals surface area contributed by atoms with Crippen molar-refractivity contribution >= 4 is 22.8 Å². The standard InChI is InChI=1S/C31H35N5O4/c1-22-7-5-8-23(19-22)16-17-35(29(37)21-36-28-11-4-3-10-27(28)33-34-36)30(24-12-14-25(39-2)15-13-24)31(38)32-20-26-9-6-18-40-26/h3-5,7-8,10-15,19,26,30H,6,9,16-18,20-21H2,1-2H3,(H,32,38). The number of ether oxygens (including phenoxy) is 2. The van der Waals surface area contributed by atoms with Crippen LogP contribution >= 0.6 is 0 Å². The number of aromatic nitrogens is 3. The topological polar surface area (TPSA) is 98.6 Å². The first-order valence-electron chi connectivity index (χ1n) is 13.7. The molecule has 40 heavy (non-hydrogen) atoms. The Labute approximate surface area is 234 Å². The molecular formula is C31H35N5O4. The smallest absolute Gasteiger partial charge is 0.247 e. The van der Waals surface area contributed by atoms with Crippen LogP contribution in [-0.2, 0) is 27.3 Å². The SMILES string of the molecule is COc1ccc(C(C(=O)NCC2CCCO2)N(CCc2cccc(C)c2)C(=O)Cn2nnc3ccccc32)cc1. The molecule has 0 bridgehead atoms. The van der Waals surface area contributed by atoms with E-state index in [1.807, 2.05) is 73.7 Å². The molecule has 3 aromatic carbocycles. The molecule has 9 nitrogen and oxygen atoms in total. The molecule has 2 amide bonds. The summed E-state index contributed by atoms with van der Waals surface area (Å²) in [5, 5.41) is 11.5. The minimum Gasteiger partial charge on any atom is -0.497 e. The summed E-state index contributed by atoms with van der Waals surface area (Å²) in [4.78, 5) is 29.6. The third kappa shape index (κ3) is 6.48. The Kier molecular flexibility index (Phi) is 8.71. The Hall–Kier alpha value is -4.24. The average molecular weight is 542 g/mol. The van der Waals surface area contributed by atoms with Gasteiger partial charge in [-0.05, 0) is 61.6 Å². The van der Waals surface area contributed by atoms with E-state index in [4.69, 9.17) is 9.47 Å². The number of para-hydroxylation sites is 1. The largest absolute Gasteiger partial charge is 0.497 e. The van der Waals surface area contributed by atoms with E-state index in [0.717, 1.165) is 29.5 Å². The Morgan fingerprint density at radius 1 is 1.12 bits per heavy atom. The number of hydrogen-bond donors (Lipinski definition) is 1. The van der Waals surface area contributed by atoms with Gasteiger partial charge < -0.3 is 19.7 Å². The van der Waals surface area contributed by atoms with Crippen LogP contribution in [0.2, 0.25) is 0 Å². The van der Waals surface area contributed by atoms with Crippen LogP contribution in [0.3, 0.4) is 0 Å². The van der Waals surface area contributed by atoms with Crippen LogP contribution in [0.5, 0.6) is 5.75 Å². The number of fused-ring (bicyclic) bond motifs is 1. The Morgan fingerprint density at radius 3 is 2.70 bits per heavy atom. The third-order valence-corrected chi connectivity index (χ3v) is 7.27. The molecule has 9 heteroatoms. The molecule has 1 aliphatic rings. The van der Waals surface area contributed by atoms with Gasteiger partial charge in [0.2, 0.25) is 11.8 Å². The van der Waals surface area contributed by atoms with Crippen molar-refractivity contribution in [3.05, 3.63) is 89.5 Å². The van der Waals surface area contributed by atoms with Crippen molar-refractivity contribution in [1.29, 1.82) is 0 Å². The Bertz CT molecular complexity index is 1450. The van der Waals surface area contributed by atoms with E-state index in [0.29, 0.717) is 42.9 Å². The van der Waals surface area contributed by atoms with Gasteiger partial charge in [0.15, 0.2) is 0 Å². The van der Waals surface area contributed by atoms with Gasteiger partial charge in [0.25, 0.3) is 0 Å². The van der Waals surface area contributed by atoms with Gasteiger partial charge in [-0.15, -0.1) is 5.10 Å². The molecule has 1 aromatic heterocycles. The van der Waals surface area contributed by atoms with Crippen LogP contribution in [0.1, 0.15) is 35.6 Å². The van der Waals surface area contributed by atoms with Crippen LogP contribution < -0.4 is 10.1 Å². The summed E-state index contributed by atoms with van der Waals surface area (Å²) in [5.74, 6) is 0.201. The highest BCUT2D eigenvalue weighted by atomic mass is 16.5. The first kappa shape index (κ1) is 27.3. The number of carbonyl (C=O) groups is 2. The number of carbonyl (C=O) groups excluding carboxylic acids is 2. The van der Waals surface area contributed by atoms with Gasteiger partial charge >= 0.3 is 0 Å². The average Bonchev–Trinajstić information content (AvgIpc) is 3.64. The number of benzene rings is 3. The van der Waals surface area contributed by atoms with E-state index in [-0.39, 0.29) is 24.5 Å². The fourth-order valence-corrected chi connectivity index (χ4v) is 5.14. The molecule has 0 radical (unpaired) electrons. The van der Waals surface area contributed by atoms with Crippen LogP contribution in [0.25, 0.3) is 11.0 Å². The molecule has 1 N–H and O–H groups in total. The zero-order valence-electron chi connectivity index (χ0n) is 23.0. The molecule has 2 heterocycles. The van der Waals surface area contributed by atoms with E-state index in [9.17, 15) is 9.59 Å². The molecule has 1 fully saturated rings. The maximum Gasteiger partial charge on any atom is 0.247 e. The molecule has 4 aromatic rings. The summed E-state index contributed by atoms with van der Waals surface area (Å²) in [5.41, 5.74) is 4.41. The number of amides is 2. The van der Waals surface area contributed by atoms with Crippen LogP contribution in [0.4, 0.5) is 0 Å². The van der Waals surface area contributed by atoms with Crippen LogP contribution in [-0.4, -0.2) is 64.6 Å². The van der Waals surface area contributed by atoms with Crippen LogP contribution in [0.15, 0.2) is 72.8 Å². The second-order valence-electron chi connectivity index (χ2n) is 10.1. The number of hydrogen-bond acceptors (Lipinski definition) is 6. The second kappa shape index (κ2) is 12.7. The van der Waals surface area contributed by atoms with Crippen molar-refractivity contribution in [1.82, 2.24) is 25.2 Å². The monoisotopic (exact) mass is 541 g/mol. The molecule has 0 saturated carbocycles. The lowest BCUT2D eigenvalue weighted by Crippen LogP contribution is -2.47. The fraction of sp³-hybridized carbons (Fsp3) is 0.355. The maximum absolute atomic E-state index is 14.1. The lowest BCUT2D eigenvalue weighted by molar-refractivity contribution is -0.141. The summed E-state index contributed by atoms with van der Waals surface area (Å²) >= 11 is 0. The van der Waals surface area contributed by atoms with E-state index < -0.39 is 6.04 Å². The molecule has 1 aliphatic heterocycles. The summed E-state index contributed by atoms with van der Waals surface area (Å²) < 4.78 is 12.7. The van der Waals surface area contributed by atoms with Gasteiger partial charge in [0, 0.05) is 19.7 Å². The molecule has 208 valence electrons. The fourth-order valence-electron chi connectivity index (χ4n) is 5.14.